The van der Waals surface area contributed by atoms with Crippen molar-refractivity contribution in [2.75, 3.05) is 5.32 Å². The summed E-state index contributed by atoms with van der Waals surface area (Å²) < 4.78 is 14.1. The fourth-order valence-electron chi connectivity index (χ4n) is 2.57. The summed E-state index contributed by atoms with van der Waals surface area (Å²) in [5.74, 6) is -1.01. The third kappa shape index (κ3) is 4.46. The number of anilines is 1. The highest BCUT2D eigenvalue weighted by Gasteiger charge is 2.20. The summed E-state index contributed by atoms with van der Waals surface area (Å²) in [4.78, 5) is 35.1. The minimum atomic E-state index is -1.02. The zero-order valence-corrected chi connectivity index (χ0v) is 15.8. The Morgan fingerprint density at radius 2 is 1.90 bits per heavy atom. The lowest BCUT2D eigenvalue weighted by molar-refractivity contribution is -0.384. The Labute approximate surface area is 168 Å². The van der Waals surface area contributed by atoms with Gasteiger partial charge in [-0.2, -0.15) is 5.10 Å². The molecule has 1 atom stereocenters. The molecule has 0 radical (unpaired) electrons. The van der Waals surface area contributed by atoms with Crippen molar-refractivity contribution >= 4 is 28.9 Å². The average molecular weight is 417 g/mol. The first-order valence-corrected chi connectivity index (χ1v) is 8.74. The second kappa shape index (κ2) is 8.19. The number of amides is 1. The third-order valence-electron chi connectivity index (χ3n) is 4.12. The molecular weight excluding hydrogens is 403 g/mol. The van der Waals surface area contributed by atoms with Crippen molar-refractivity contribution in [3.63, 3.8) is 0 Å². The number of carbonyl (C=O) groups is 1. The quantitative estimate of drug-likeness (QED) is 0.502. The van der Waals surface area contributed by atoms with E-state index < -0.39 is 28.2 Å². The fourth-order valence-corrected chi connectivity index (χ4v) is 2.75. The van der Waals surface area contributed by atoms with E-state index in [-0.39, 0.29) is 16.4 Å². The lowest BCUT2D eigenvalue weighted by atomic mass is 10.1. The van der Waals surface area contributed by atoms with Gasteiger partial charge in [-0.05, 0) is 49.4 Å². The number of rotatable bonds is 5. The van der Waals surface area contributed by atoms with Crippen LogP contribution in [0.4, 0.5) is 15.8 Å². The Kier molecular flexibility index (Phi) is 5.69. The van der Waals surface area contributed by atoms with E-state index in [2.05, 4.69) is 10.4 Å². The molecule has 10 heteroatoms. The maximum Gasteiger partial charge on any atom is 0.289 e. The monoisotopic (exact) mass is 416 g/mol. The number of aromatic nitrogens is 2. The average Bonchev–Trinajstić information content (AvgIpc) is 2.69. The number of halogens is 2. The van der Waals surface area contributed by atoms with E-state index in [0.29, 0.717) is 11.3 Å². The maximum absolute atomic E-state index is 13.1. The van der Waals surface area contributed by atoms with Crippen LogP contribution in [-0.2, 0) is 4.79 Å². The highest BCUT2D eigenvalue weighted by atomic mass is 35.5. The molecule has 0 spiro atoms. The Morgan fingerprint density at radius 3 is 2.55 bits per heavy atom. The summed E-state index contributed by atoms with van der Waals surface area (Å²) in [5, 5.41) is 17.6. The minimum Gasteiger partial charge on any atom is -0.324 e. The molecule has 1 unspecified atom stereocenters. The van der Waals surface area contributed by atoms with E-state index in [1.54, 1.807) is 0 Å². The molecule has 1 heterocycles. The van der Waals surface area contributed by atoms with Gasteiger partial charge in [0.05, 0.1) is 10.6 Å². The molecule has 3 rings (SSSR count). The second-order valence-corrected chi connectivity index (χ2v) is 6.50. The van der Waals surface area contributed by atoms with Crippen LogP contribution in [0.5, 0.6) is 0 Å². The van der Waals surface area contributed by atoms with Gasteiger partial charge in [0, 0.05) is 23.4 Å². The largest absolute Gasteiger partial charge is 0.324 e. The number of nitrogens with one attached hydrogen (secondary N) is 1. The molecule has 1 amide bonds. The SMILES string of the molecule is CC(C(=O)Nc1ccc(Cl)c([N+](=O)[O-])c1)n1nc(-c2ccc(F)cc2)ccc1=O. The smallest absolute Gasteiger partial charge is 0.289 e. The maximum atomic E-state index is 13.1. The topological polar surface area (TPSA) is 107 Å². The lowest BCUT2D eigenvalue weighted by Crippen LogP contribution is -2.33. The van der Waals surface area contributed by atoms with Gasteiger partial charge in [0.15, 0.2) is 0 Å². The van der Waals surface area contributed by atoms with Gasteiger partial charge in [-0.3, -0.25) is 19.7 Å². The molecule has 0 fully saturated rings. The number of carbonyl (C=O) groups excluding carboxylic acids is 1. The molecule has 0 aliphatic heterocycles. The molecule has 0 bridgehead atoms. The van der Waals surface area contributed by atoms with Crippen LogP contribution < -0.4 is 10.9 Å². The van der Waals surface area contributed by atoms with Crippen LogP contribution in [0.15, 0.2) is 59.4 Å². The Bertz CT molecular complexity index is 1150. The first-order chi connectivity index (χ1) is 13.8. The molecule has 1 N–H and O–H groups in total. The van der Waals surface area contributed by atoms with Gasteiger partial charge >= 0.3 is 0 Å². The second-order valence-electron chi connectivity index (χ2n) is 6.10. The number of nitro groups is 1. The van der Waals surface area contributed by atoms with Crippen LogP contribution in [0.25, 0.3) is 11.3 Å². The molecule has 0 aliphatic carbocycles. The van der Waals surface area contributed by atoms with Crippen molar-refractivity contribution in [2.45, 2.75) is 13.0 Å². The summed E-state index contributed by atoms with van der Waals surface area (Å²) in [7, 11) is 0. The highest BCUT2D eigenvalue weighted by Crippen LogP contribution is 2.27. The molecule has 0 saturated carbocycles. The van der Waals surface area contributed by atoms with Gasteiger partial charge in [0.2, 0.25) is 5.91 Å². The van der Waals surface area contributed by atoms with Crippen LogP contribution in [-0.4, -0.2) is 20.6 Å². The minimum absolute atomic E-state index is 0.0640. The number of hydrogen-bond acceptors (Lipinski definition) is 5. The Hall–Kier alpha value is -3.59. The molecule has 8 nitrogen and oxygen atoms in total. The van der Waals surface area contributed by atoms with Crippen molar-refractivity contribution in [1.82, 2.24) is 9.78 Å². The van der Waals surface area contributed by atoms with E-state index in [1.165, 1.54) is 55.5 Å². The van der Waals surface area contributed by atoms with Crippen molar-refractivity contribution in [3.8, 4) is 11.3 Å². The molecule has 148 valence electrons. The molecule has 1 aromatic heterocycles. The van der Waals surface area contributed by atoms with Gasteiger partial charge in [-0.15, -0.1) is 0 Å². The molecule has 29 heavy (non-hydrogen) atoms. The van der Waals surface area contributed by atoms with Crippen LogP contribution in [0.3, 0.4) is 0 Å². The third-order valence-corrected chi connectivity index (χ3v) is 4.44. The normalized spacial score (nSPS) is 11.7. The predicted octanol–water partition coefficient (Wildman–Crippen LogP) is 3.81. The van der Waals surface area contributed by atoms with Crippen molar-refractivity contribution < 1.29 is 14.1 Å². The van der Waals surface area contributed by atoms with E-state index in [0.717, 1.165) is 10.7 Å². The summed E-state index contributed by atoms with van der Waals surface area (Å²) in [6, 6.07) is 11.1. The van der Waals surface area contributed by atoms with Crippen LogP contribution in [0, 0.1) is 15.9 Å². The molecule has 3 aromatic rings. The van der Waals surface area contributed by atoms with E-state index in [9.17, 15) is 24.1 Å². The molecule has 2 aromatic carbocycles. The molecule has 0 aliphatic rings. The Balaban J connectivity index is 1.87. The Morgan fingerprint density at radius 1 is 1.21 bits per heavy atom. The van der Waals surface area contributed by atoms with E-state index in [4.69, 9.17) is 11.6 Å². The van der Waals surface area contributed by atoms with Gasteiger partial charge in [0.1, 0.15) is 16.9 Å². The zero-order valence-electron chi connectivity index (χ0n) is 15.0. The van der Waals surface area contributed by atoms with Gasteiger partial charge in [-0.25, -0.2) is 9.07 Å². The van der Waals surface area contributed by atoms with Crippen LogP contribution >= 0.6 is 11.6 Å². The van der Waals surface area contributed by atoms with Gasteiger partial charge in [0.25, 0.3) is 11.2 Å². The van der Waals surface area contributed by atoms with Gasteiger partial charge in [-0.1, -0.05) is 11.6 Å². The van der Waals surface area contributed by atoms with Crippen molar-refractivity contribution in [3.05, 3.63) is 85.9 Å². The standard InChI is InChI=1S/C19H14ClFN4O4/c1-11(19(27)22-14-6-7-15(20)17(10-14)25(28)29)24-18(26)9-8-16(23-24)12-2-4-13(21)5-3-12/h2-11H,1H3,(H,22,27). The van der Waals surface area contributed by atoms with Gasteiger partial charge < -0.3 is 5.32 Å². The van der Waals surface area contributed by atoms with Crippen molar-refractivity contribution in [1.29, 1.82) is 0 Å². The highest BCUT2D eigenvalue weighted by molar-refractivity contribution is 6.32. The molecular formula is C19H14ClFN4O4. The lowest BCUT2D eigenvalue weighted by Gasteiger charge is -2.15. The first-order valence-electron chi connectivity index (χ1n) is 8.37. The van der Waals surface area contributed by atoms with E-state index >= 15 is 0 Å². The number of benzene rings is 2. The number of nitrogens with zero attached hydrogens (tertiary/aromatic N) is 3. The number of hydrogen-bond donors (Lipinski definition) is 1. The zero-order chi connectivity index (χ0) is 21.1. The summed E-state index contributed by atoms with van der Waals surface area (Å²) in [5.41, 5.74) is 0.236. The van der Waals surface area contributed by atoms with Crippen LogP contribution in [0.2, 0.25) is 5.02 Å². The molecule has 0 saturated heterocycles. The van der Waals surface area contributed by atoms with Crippen LogP contribution in [0.1, 0.15) is 13.0 Å². The summed E-state index contributed by atoms with van der Waals surface area (Å²) in [6.07, 6.45) is 0. The van der Waals surface area contributed by atoms with E-state index in [1.807, 2.05) is 0 Å². The summed E-state index contributed by atoms with van der Waals surface area (Å²) >= 11 is 5.76. The fraction of sp³-hybridized carbons (Fsp3) is 0.105. The summed E-state index contributed by atoms with van der Waals surface area (Å²) in [6.45, 7) is 1.46. The number of nitro benzene ring substituents is 1. The first kappa shape index (κ1) is 20.2. The predicted molar refractivity (Wildman–Crippen MR) is 105 cm³/mol. The van der Waals surface area contributed by atoms with Crippen molar-refractivity contribution in [2.24, 2.45) is 0 Å².